The fourth-order valence-electron chi connectivity index (χ4n) is 3.21. The summed E-state index contributed by atoms with van der Waals surface area (Å²) < 4.78 is 12.2. The van der Waals surface area contributed by atoms with Crippen molar-refractivity contribution in [2.75, 3.05) is 0 Å². The first-order valence-electron chi connectivity index (χ1n) is 7.20. The van der Waals surface area contributed by atoms with Crippen LogP contribution in [0.1, 0.15) is 51.5 Å². The molecule has 20 heavy (non-hydrogen) atoms. The lowest BCUT2D eigenvalue weighted by Crippen LogP contribution is -2.24. The topological polar surface area (TPSA) is 48.4 Å². The smallest absolute Gasteiger partial charge is 0.176 e. The molecule has 2 aromatic rings. The van der Waals surface area contributed by atoms with E-state index >= 15 is 0 Å². The van der Waals surface area contributed by atoms with Gasteiger partial charge >= 0.3 is 0 Å². The predicted molar refractivity (Wildman–Crippen MR) is 81.2 cm³/mol. The van der Waals surface area contributed by atoms with Crippen molar-refractivity contribution in [1.29, 1.82) is 0 Å². The lowest BCUT2D eigenvalue weighted by atomic mass is 9.84. The van der Waals surface area contributed by atoms with Gasteiger partial charge in [0.2, 0.25) is 0 Å². The van der Waals surface area contributed by atoms with Crippen LogP contribution < -0.4 is 10.5 Å². The van der Waals surface area contributed by atoms with Gasteiger partial charge < -0.3 is 14.9 Å². The van der Waals surface area contributed by atoms with Gasteiger partial charge in [0.15, 0.2) is 11.3 Å². The van der Waals surface area contributed by atoms with Crippen molar-refractivity contribution in [3.05, 3.63) is 29.0 Å². The van der Waals surface area contributed by atoms with Crippen LogP contribution in [0.25, 0.3) is 11.0 Å². The molecule has 108 valence electrons. The summed E-state index contributed by atoms with van der Waals surface area (Å²) in [6.45, 7) is 11.2. The molecular formula is C17H23NO2. The Morgan fingerprint density at radius 1 is 1.25 bits per heavy atom. The molecule has 3 heteroatoms. The van der Waals surface area contributed by atoms with Crippen molar-refractivity contribution in [2.24, 2.45) is 5.73 Å². The molecule has 0 atom stereocenters. The molecule has 0 saturated heterocycles. The van der Waals surface area contributed by atoms with Crippen LogP contribution in [0.2, 0.25) is 0 Å². The van der Waals surface area contributed by atoms with Crippen LogP contribution in [-0.4, -0.2) is 5.60 Å². The van der Waals surface area contributed by atoms with E-state index in [-0.39, 0.29) is 11.0 Å². The van der Waals surface area contributed by atoms with Gasteiger partial charge in [0.1, 0.15) is 11.4 Å². The first kappa shape index (κ1) is 13.5. The molecule has 0 amide bonds. The number of hydrogen-bond acceptors (Lipinski definition) is 3. The Labute approximate surface area is 120 Å². The normalized spacial score (nSPS) is 17.3. The maximum Gasteiger partial charge on any atom is 0.176 e. The molecule has 0 spiro atoms. The van der Waals surface area contributed by atoms with Crippen LogP contribution in [0, 0.1) is 0 Å². The van der Waals surface area contributed by atoms with Crippen molar-refractivity contribution in [3.8, 4) is 5.75 Å². The highest BCUT2D eigenvalue weighted by atomic mass is 16.5. The van der Waals surface area contributed by atoms with Crippen LogP contribution in [0.5, 0.6) is 5.75 Å². The molecule has 0 aliphatic carbocycles. The second-order valence-electron chi connectivity index (χ2n) is 7.32. The van der Waals surface area contributed by atoms with Crippen LogP contribution in [-0.2, 0) is 18.4 Å². The third kappa shape index (κ3) is 1.92. The Hall–Kier alpha value is -1.48. The van der Waals surface area contributed by atoms with Crippen molar-refractivity contribution in [2.45, 2.75) is 58.6 Å². The van der Waals surface area contributed by atoms with Crippen LogP contribution in [0.3, 0.4) is 0 Å². The largest absolute Gasteiger partial charge is 0.483 e. The molecule has 0 fully saturated rings. The van der Waals surface area contributed by atoms with Gasteiger partial charge in [-0.05, 0) is 19.3 Å². The van der Waals surface area contributed by atoms with Gasteiger partial charge in [-0.3, -0.25) is 0 Å². The number of nitrogens with two attached hydrogens (primary N) is 1. The second kappa shape index (κ2) is 4.01. The summed E-state index contributed by atoms with van der Waals surface area (Å²) in [5.74, 6) is 1.77. The van der Waals surface area contributed by atoms with Crippen LogP contribution in [0.4, 0.5) is 0 Å². The number of fused-ring (bicyclic) bond motifs is 3. The maximum absolute atomic E-state index is 6.10. The first-order chi connectivity index (χ1) is 9.23. The van der Waals surface area contributed by atoms with Gasteiger partial charge in [-0.2, -0.15) is 0 Å². The standard InChI is InChI=1S/C17H23NO2/c1-16(2,3)13-11-7-6-10-8-17(4,5)20-14(10)15(11)19-12(13)9-18/h6-7H,8-9,18H2,1-5H3. The fourth-order valence-corrected chi connectivity index (χ4v) is 3.21. The lowest BCUT2D eigenvalue weighted by molar-refractivity contribution is 0.138. The van der Waals surface area contributed by atoms with E-state index in [0.717, 1.165) is 28.9 Å². The Balaban J connectivity index is 2.30. The molecule has 1 aliphatic heterocycles. The van der Waals surface area contributed by atoms with Crippen molar-refractivity contribution in [3.63, 3.8) is 0 Å². The molecule has 0 unspecified atom stereocenters. The third-order valence-electron chi connectivity index (χ3n) is 3.90. The zero-order valence-electron chi connectivity index (χ0n) is 13.0. The number of rotatable bonds is 1. The first-order valence-corrected chi connectivity index (χ1v) is 7.20. The van der Waals surface area contributed by atoms with E-state index in [1.807, 2.05) is 0 Å². The summed E-state index contributed by atoms with van der Waals surface area (Å²) in [4.78, 5) is 0. The molecule has 2 heterocycles. The van der Waals surface area contributed by atoms with Crippen molar-refractivity contribution in [1.82, 2.24) is 0 Å². The Bertz CT molecular complexity index is 674. The maximum atomic E-state index is 6.10. The molecule has 3 rings (SSSR count). The summed E-state index contributed by atoms with van der Waals surface area (Å²) in [6.07, 6.45) is 0.918. The molecule has 0 radical (unpaired) electrons. The van der Waals surface area contributed by atoms with E-state index in [2.05, 4.69) is 46.8 Å². The summed E-state index contributed by atoms with van der Waals surface area (Å²) in [6, 6.07) is 4.32. The molecule has 1 aliphatic rings. The minimum atomic E-state index is -0.159. The SMILES string of the molecule is CC1(C)Cc2ccc3c(C(C)(C)C)c(CN)oc3c2O1. The zero-order valence-corrected chi connectivity index (χ0v) is 13.0. The summed E-state index contributed by atoms with van der Waals surface area (Å²) in [7, 11) is 0. The van der Waals surface area contributed by atoms with Crippen molar-refractivity contribution >= 4 is 11.0 Å². The zero-order chi connectivity index (χ0) is 14.7. The van der Waals surface area contributed by atoms with E-state index in [9.17, 15) is 0 Å². The third-order valence-corrected chi connectivity index (χ3v) is 3.90. The monoisotopic (exact) mass is 273 g/mol. The predicted octanol–water partition coefficient (Wildman–Crippen LogP) is 3.90. The molecular weight excluding hydrogens is 250 g/mol. The van der Waals surface area contributed by atoms with Gasteiger partial charge in [-0.25, -0.2) is 0 Å². The Morgan fingerprint density at radius 2 is 1.95 bits per heavy atom. The van der Waals surface area contributed by atoms with Gasteiger partial charge in [-0.15, -0.1) is 0 Å². The average Bonchev–Trinajstić information content (AvgIpc) is 2.83. The molecule has 1 aromatic heterocycles. The fraction of sp³-hybridized carbons (Fsp3) is 0.529. The van der Waals surface area contributed by atoms with Gasteiger partial charge in [0, 0.05) is 22.9 Å². The van der Waals surface area contributed by atoms with Crippen LogP contribution >= 0.6 is 0 Å². The number of benzene rings is 1. The van der Waals surface area contributed by atoms with E-state index in [1.54, 1.807) is 0 Å². The molecule has 3 nitrogen and oxygen atoms in total. The summed E-state index contributed by atoms with van der Waals surface area (Å²) in [5.41, 5.74) is 9.00. The summed E-state index contributed by atoms with van der Waals surface area (Å²) >= 11 is 0. The molecule has 0 bridgehead atoms. The van der Waals surface area contributed by atoms with Gasteiger partial charge in [-0.1, -0.05) is 32.9 Å². The molecule has 0 saturated carbocycles. The van der Waals surface area contributed by atoms with E-state index in [4.69, 9.17) is 14.9 Å². The van der Waals surface area contributed by atoms with Gasteiger partial charge in [0.25, 0.3) is 0 Å². The molecule has 2 N–H and O–H groups in total. The summed E-state index contributed by atoms with van der Waals surface area (Å²) in [5, 5.41) is 1.13. The number of hydrogen-bond donors (Lipinski definition) is 1. The van der Waals surface area contributed by atoms with E-state index < -0.39 is 0 Å². The van der Waals surface area contributed by atoms with E-state index in [1.165, 1.54) is 11.1 Å². The Kier molecular flexibility index (Phi) is 2.71. The Morgan fingerprint density at radius 3 is 2.55 bits per heavy atom. The van der Waals surface area contributed by atoms with Crippen LogP contribution in [0.15, 0.2) is 16.5 Å². The van der Waals surface area contributed by atoms with E-state index in [0.29, 0.717) is 6.54 Å². The highest BCUT2D eigenvalue weighted by Gasteiger charge is 2.34. The average molecular weight is 273 g/mol. The quantitative estimate of drug-likeness (QED) is 0.857. The minimum Gasteiger partial charge on any atom is -0.483 e. The highest BCUT2D eigenvalue weighted by Crippen LogP contribution is 2.45. The lowest BCUT2D eigenvalue weighted by Gasteiger charge is -2.18. The highest BCUT2D eigenvalue weighted by molar-refractivity contribution is 5.90. The number of ether oxygens (including phenoxy) is 1. The number of furan rings is 1. The van der Waals surface area contributed by atoms with Crippen molar-refractivity contribution < 1.29 is 9.15 Å². The molecule has 1 aromatic carbocycles. The second-order valence-corrected chi connectivity index (χ2v) is 7.32. The van der Waals surface area contributed by atoms with Gasteiger partial charge in [0.05, 0.1) is 6.54 Å². The minimum absolute atomic E-state index is 0.00229.